The third-order valence-electron chi connectivity index (χ3n) is 3.73. The standard InChI is InChI=1S/C18H21FN2O3S/c1-12-7-8-13(2)17(11-12)25(23,24)21-10-9-20-16-6-4-5-15(19)18(16)14(3)22/h4-8,11,20-21H,9-10H2,1-3H3. The van der Waals surface area contributed by atoms with Gasteiger partial charge in [-0.05, 0) is 50.1 Å². The van der Waals surface area contributed by atoms with Crippen LogP contribution in [0.3, 0.4) is 0 Å². The summed E-state index contributed by atoms with van der Waals surface area (Å²) in [4.78, 5) is 11.8. The highest BCUT2D eigenvalue weighted by Crippen LogP contribution is 2.19. The fourth-order valence-corrected chi connectivity index (χ4v) is 3.85. The largest absolute Gasteiger partial charge is 0.383 e. The van der Waals surface area contributed by atoms with Crippen molar-refractivity contribution >= 4 is 21.5 Å². The molecule has 134 valence electrons. The number of Topliss-reactive ketones (excluding diaryl/α,β-unsaturated/α-hetero) is 1. The lowest BCUT2D eigenvalue weighted by atomic mass is 10.1. The summed E-state index contributed by atoms with van der Waals surface area (Å²) in [5.74, 6) is -0.995. The van der Waals surface area contributed by atoms with E-state index in [1.807, 2.05) is 13.0 Å². The van der Waals surface area contributed by atoms with Crippen LogP contribution < -0.4 is 10.0 Å². The minimum Gasteiger partial charge on any atom is -0.383 e. The predicted molar refractivity (Wildman–Crippen MR) is 96.0 cm³/mol. The van der Waals surface area contributed by atoms with E-state index >= 15 is 0 Å². The molecule has 25 heavy (non-hydrogen) atoms. The maximum absolute atomic E-state index is 13.7. The lowest BCUT2D eigenvalue weighted by Crippen LogP contribution is -2.29. The summed E-state index contributed by atoms with van der Waals surface area (Å²) >= 11 is 0. The van der Waals surface area contributed by atoms with Crippen LogP contribution in [0.1, 0.15) is 28.4 Å². The number of benzene rings is 2. The topological polar surface area (TPSA) is 75.3 Å². The van der Waals surface area contributed by atoms with E-state index in [4.69, 9.17) is 0 Å². The number of ketones is 1. The Bertz CT molecular complexity index is 895. The highest BCUT2D eigenvalue weighted by molar-refractivity contribution is 7.89. The molecular weight excluding hydrogens is 343 g/mol. The summed E-state index contributed by atoms with van der Waals surface area (Å²) in [6.07, 6.45) is 0. The summed E-state index contributed by atoms with van der Waals surface area (Å²) < 4.78 is 41.0. The Balaban J connectivity index is 2.03. The second-order valence-corrected chi connectivity index (χ2v) is 7.55. The molecule has 0 saturated carbocycles. The van der Waals surface area contributed by atoms with E-state index in [-0.39, 0.29) is 23.5 Å². The predicted octanol–water partition coefficient (Wildman–Crippen LogP) is 3.04. The first-order valence-corrected chi connectivity index (χ1v) is 9.31. The zero-order chi connectivity index (χ0) is 18.6. The lowest BCUT2D eigenvalue weighted by molar-refractivity contribution is 0.101. The van der Waals surface area contributed by atoms with E-state index in [0.29, 0.717) is 11.3 Å². The van der Waals surface area contributed by atoms with Gasteiger partial charge in [-0.15, -0.1) is 0 Å². The molecule has 0 spiro atoms. The van der Waals surface area contributed by atoms with Crippen LogP contribution in [0, 0.1) is 19.7 Å². The van der Waals surface area contributed by atoms with Crippen LogP contribution in [0.15, 0.2) is 41.3 Å². The lowest BCUT2D eigenvalue weighted by Gasteiger charge is -2.13. The molecule has 0 heterocycles. The Labute approximate surface area is 147 Å². The number of nitrogens with one attached hydrogen (secondary N) is 2. The SMILES string of the molecule is CC(=O)c1c(F)cccc1NCCNS(=O)(=O)c1cc(C)ccc1C. The van der Waals surface area contributed by atoms with Crippen LogP contribution in [0.5, 0.6) is 0 Å². The van der Waals surface area contributed by atoms with Gasteiger partial charge in [-0.3, -0.25) is 4.79 Å². The number of rotatable bonds is 7. The molecule has 0 saturated heterocycles. The van der Waals surface area contributed by atoms with E-state index in [0.717, 1.165) is 5.56 Å². The van der Waals surface area contributed by atoms with Crippen LogP contribution in [0.2, 0.25) is 0 Å². The van der Waals surface area contributed by atoms with Crippen LogP contribution in [0.25, 0.3) is 0 Å². The molecule has 0 amide bonds. The molecule has 0 bridgehead atoms. The first-order valence-electron chi connectivity index (χ1n) is 7.82. The van der Waals surface area contributed by atoms with Gasteiger partial charge in [0.1, 0.15) is 5.82 Å². The van der Waals surface area contributed by atoms with Crippen LogP contribution in [-0.4, -0.2) is 27.3 Å². The van der Waals surface area contributed by atoms with Gasteiger partial charge in [0.2, 0.25) is 10.0 Å². The van der Waals surface area contributed by atoms with Gasteiger partial charge < -0.3 is 5.32 Å². The van der Waals surface area contributed by atoms with Crippen molar-refractivity contribution in [2.45, 2.75) is 25.7 Å². The fourth-order valence-electron chi connectivity index (χ4n) is 2.49. The van der Waals surface area contributed by atoms with Gasteiger partial charge in [0, 0.05) is 18.8 Å². The Morgan fingerprint density at radius 3 is 2.52 bits per heavy atom. The summed E-state index contributed by atoms with van der Waals surface area (Å²) in [5, 5.41) is 2.90. The molecule has 0 aliphatic carbocycles. The quantitative estimate of drug-likeness (QED) is 0.585. The summed E-state index contributed by atoms with van der Waals surface area (Å²) in [6, 6.07) is 9.51. The van der Waals surface area contributed by atoms with Crippen LogP contribution >= 0.6 is 0 Å². The van der Waals surface area contributed by atoms with Crippen molar-refractivity contribution in [3.8, 4) is 0 Å². The highest BCUT2D eigenvalue weighted by Gasteiger charge is 2.17. The molecule has 0 aliphatic rings. The van der Waals surface area contributed by atoms with E-state index < -0.39 is 21.6 Å². The molecule has 2 aromatic carbocycles. The van der Waals surface area contributed by atoms with Gasteiger partial charge in [0.15, 0.2) is 5.78 Å². The number of carbonyl (C=O) groups excluding carboxylic acids is 1. The van der Waals surface area contributed by atoms with Crippen LogP contribution in [0.4, 0.5) is 10.1 Å². The van der Waals surface area contributed by atoms with Crippen LogP contribution in [-0.2, 0) is 10.0 Å². The third-order valence-corrected chi connectivity index (χ3v) is 5.33. The van der Waals surface area contributed by atoms with E-state index in [9.17, 15) is 17.6 Å². The maximum atomic E-state index is 13.7. The van der Waals surface area contributed by atoms with Gasteiger partial charge in [-0.2, -0.15) is 0 Å². The molecule has 0 unspecified atom stereocenters. The van der Waals surface area contributed by atoms with E-state index in [1.165, 1.54) is 19.1 Å². The van der Waals surface area contributed by atoms with Crippen molar-refractivity contribution in [2.24, 2.45) is 0 Å². The maximum Gasteiger partial charge on any atom is 0.240 e. The molecule has 7 heteroatoms. The molecule has 0 atom stereocenters. The van der Waals surface area contributed by atoms with Gasteiger partial charge in [0.05, 0.1) is 10.5 Å². The highest BCUT2D eigenvalue weighted by atomic mass is 32.2. The number of anilines is 1. The van der Waals surface area contributed by atoms with Crippen molar-refractivity contribution in [1.82, 2.24) is 4.72 Å². The minimum atomic E-state index is -3.63. The second kappa shape index (κ2) is 7.76. The molecule has 2 rings (SSSR count). The van der Waals surface area contributed by atoms with Crippen molar-refractivity contribution in [1.29, 1.82) is 0 Å². The smallest absolute Gasteiger partial charge is 0.240 e. The number of halogens is 1. The molecule has 0 fully saturated rings. The molecule has 0 aliphatic heterocycles. The fraction of sp³-hybridized carbons (Fsp3) is 0.278. The zero-order valence-corrected chi connectivity index (χ0v) is 15.2. The molecular formula is C18H21FN2O3S. The van der Waals surface area contributed by atoms with Gasteiger partial charge >= 0.3 is 0 Å². The number of carbonyl (C=O) groups is 1. The van der Waals surface area contributed by atoms with Crippen molar-refractivity contribution < 1.29 is 17.6 Å². The van der Waals surface area contributed by atoms with Gasteiger partial charge in [0.25, 0.3) is 0 Å². The Morgan fingerprint density at radius 2 is 1.84 bits per heavy atom. The van der Waals surface area contributed by atoms with Crippen molar-refractivity contribution in [3.63, 3.8) is 0 Å². The third kappa shape index (κ3) is 4.64. The van der Waals surface area contributed by atoms with E-state index in [2.05, 4.69) is 10.0 Å². The second-order valence-electron chi connectivity index (χ2n) is 5.81. The number of hydrogen-bond donors (Lipinski definition) is 2. The first-order chi connectivity index (χ1) is 11.7. The Kier molecular flexibility index (Phi) is 5.92. The van der Waals surface area contributed by atoms with Gasteiger partial charge in [-0.1, -0.05) is 18.2 Å². The molecule has 2 aromatic rings. The molecule has 0 radical (unpaired) electrons. The molecule has 5 nitrogen and oxygen atoms in total. The molecule has 0 aromatic heterocycles. The average molecular weight is 364 g/mol. The summed E-state index contributed by atoms with van der Waals surface area (Å²) in [5.41, 5.74) is 1.84. The van der Waals surface area contributed by atoms with Crippen molar-refractivity contribution in [3.05, 3.63) is 58.9 Å². The number of sulfonamides is 1. The van der Waals surface area contributed by atoms with Gasteiger partial charge in [-0.25, -0.2) is 17.5 Å². The monoisotopic (exact) mass is 364 g/mol. The zero-order valence-electron chi connectivity index (χ0n) is 14.4. The van der Waals surface area contributed by atoms with E-state index in [1.54, 1.807) is 25.1 Å². The number of aryl methyl sites for hydroxylation is 2. The summed E-state index contributed by atoms with van der Waals surface area (Å²) in [7, 11) is -3.63. The minimum absolute atomic E-state index is 0.0279. The average Bonchev–Trinajstić information content (AvgIpc) is 2.53. The normalized spacial score (nSPS) is 11.4. The summed E-state index contributed by atoms with van der Waals surface area (Å²) in [6.45, 7) is 5.16. The number of hydrogen-bond acceptors (Lipinski definition) is 4. The molecule has 2 N–H and O–H groups in total. The van der Waals surface area contributed by atoms with Crippen molar-refractivity contribution in [2.75, 3.05) is 18.4 Å². The Hall–Kier alpha value is -2.25. The first kappa shape index (κ1) is 19.1. The Morgan fingerprint density at radius 1 is 1.12 bits per heavy atom.